The Hall–Kier alpha value is -2.08. The maximum Gasteiger partial charge on any atom is 0.241 e. The molecule has 1 heterocycles. The van der Waals surface area contributed by atoms with Crippen LogP contribution in [0.25, 0.3) is 0 Å². The molecule has 1 aliphatic rings. The highest BCUT2D eigenvalue weighted by atomic mass is 35.5. The fourth-order valence-corrected chi connectivity index (χ4v) is 3.05. The molecule has 0 spiro atoms. The highest BCUT2D eigenvalue weighted by molar-refractivity contribution is 6.30. The minimum Gasteiger partial charge on any atom is -0.489 e. The molecule has 3 N–H and O–H groups in total. The van der Waals surface area contributed by atoms with Gasteiger partial charge in [-0.2, -0.15) is 0 Å². The Morgan fingerprint density at radius 3 is 2.69 bits per heavy atom. The first-order valence-corrected chi connectivity index (χ1v) is 9.11. The number of hydrogen-bond donors (Lipinski definition) is 2. The SMILES string of the molecule is NC(C(=O)Nc1cccc(OCc2ccc(Cl)cc2)c1)C1CCOCC1. The molecule has 1 atom stereocenters. The van der Waals surface area contributed by atoms with Crippen molar-refractivity contribution in [3.8, 4) is 5.75 Å². The molecule has 6 heteroatoms. The smallest absolute Gasteiger partial charge is 0.241 e. The summed E-state index contributed by atoms with van der Waals surface area (Å²) in [5.74, 6) is 0.664. The quantitative estimate of drug-likeness (QED) is 0.810. The highest BCUT2D eigenvalue weighted by Gasteiger charge is 2.26. The molecule has 2 aromatic carbocycles. The van der Waals surface area contributed by atoms with Crippen molar-refractivity contribution in [1.82, 2.24) is 0 Å². The lowest BCUT2D eigenvalue weighted by Gasteiger charge is -2.26. The molecular weight excluding hydrogens is 352 g/mol. The van der Waals surface area contributed by atoms with E-state index in [-0.39, 0.29) is 11.8 Å². The zero-order valence-electron chi connectivity index (χ0n) is 14.5. The molecule has 0 bridgehead atoms. The summed E-state index contributed by atoms with van der Waals surface area (Å²) in [5.41, 5.74) is 7.81. The summed E-state index contributed by atoms with van der Waals surface area (Å²) in [5, 5.41) is 3.58. The first-order valence-electron chi connectivity index (χ1n) is 8.73. The van der Waals surface area contributed by atoms with Crippen LogP contribution < -0.4 is 15.8 Å². The fraction of sp³-hybridized carbons (Fsp3) is 0.350. The Balaban J connectivity index is 1.56. The van der Waals surface area contributed by atoms with Gasteiger partial charge in [-0.25, -0.2) is 0 Å². The number of rotatable bonds is 6. The van der Waals surface area contributed by atoms with E-state index in [4.69, 9.17) is 26.8 Å². The second-order valence-electron chi connectivity index (χ2n) is 6.41. The molecule has 5 nitrogen and oxygen atoms in total. The Labute approximate surface area is 158 Å². The maximum atomic E-state index is 12.4. The second kappa shape index (κ2) is 9.03. The Morgan fingerprint density at radius 1 is 1.23 bits per heavy atom. The van der Waals surface area contributed by atoms with E-state index in [0.717, 1.165) is 18.4 Å². The first kappa shape index (κ1) is 18.7. The largest absolute Gasteiger partial charge is 0.489 e. The predicted molar refractivity (Wildman–Crippen MR) is 102 cm³/mol. The van der Waals surface area contributed by atoms with Crippen LogP contribution in [0.3, 0.4) is 0 Å². The minimum absolute atomic E-state index is 0.160. The van der Waals surface area contributed by atoms with Gasteiger partial charge in [0.15, 0.2) is 0 Å². The van der Waals surface area contributed by atoms with E-state index >= 15 is 0 Å². The number of benzene rings is 2. The summed E-state index contributed by atoms with van der Waals surface area (Å²) in [6.45, 7) is 1.76. The van der Waals surface area contributed by atoms with Crippen molar-refractivity contribution >= 4 is 23.2 Å². The zero-order valence-corrected chi connectivity index (χ0v) is 15.2. The van der Waals surface area contributed by atoms with Crippen molar-refractivity contribution in [3.63, 3.8) is 0 Å². The third-order valence-corrected chi connectivity index (χ3v) is 4.75. The van der Waals surface area contributed by atoms with Crippen LogP contribution in [0.15, 0.2) is 48.5 Å². The summed E-state index contributed by atoms with van der Waals surface area (Å²) in [7, 11) is 0. The van der Waals surface area contributed by atoms with Crippen molar-refractivity contribution in [1.29, 1.82) is 0 Å². The van der Waals surface area contributed by atoms with Crippen LogP contribution in [0.4, 0.5) is 5.69 Å². The molecule has 1 unspecified atom stereocenters. The van der Waals surface area contributed by atoms with Gasteiger partial charge in [-0.15, -0.1) is 0 Å². The number of anilines is 1. The molecule has 2 aromatic rings. The summed E-state index contributed by atoms with van der Waals surface area (Å²) in [6, 6.07) is 14.3. The Morgan fingerprint density at radius 2 is 1.96 bits per heavy atom. The molecule has 0 saturated carbocycles. The number of hydrogen-bond acceptors (Lipinski definition) is 4. The minimum atomic E-state index is -0.530. The normalized spacial score (nSPS) is 16.1. The van der Waals surface area contributed by atoms with Crippen molar-refractivity contribution in [3.05, 3.63) is 59.1 Å². The predicted octanol–water partition coefficient (Wildman–Crippen LogP) is 3.61. The van der Waals surface area contributed by atoms with E-state index in [1.54, 1.807) is 6.07 Å². The van der Waals surface area contributed by atoms with Gasteiger partial charge in [0.1, 0.15) is 12.4 Å². The van der Waals surface area contributed by atoms with E-state index in [0.29, 0.717) is 36.3 Å². The van der Waals surface area contributed by atoms with Crippen LogP contribution in [0.1, 0.15) is 18.4 Å². The van der Waals surface area contributed by atoms with Gasteiger partial charge < -0.3 is 20.5 Å². The second-order valence-corrected chi connectivity index (χ2v) is 6.84. The molecule has 1 fully saturated rings. The van der Waals surface area contributed by atoms with Crippen LogP contribution >= 0.6 is 11.6 Å². The monoisotopic (exact) mass is 374 g/mol. The van der Waals surface area contributed by atoms with Crippen molar-refractivity contribution in [2.24, 2.45) is 11.7 Å². The summed E-state index contributed by atoms with van der Waals surface area (Å²) in [4.78, 5) is 12.4. The molecule has 0 aliphatic carbocycles. The average Bonchev–Trinajstić information content (AvgIpc) is 2.68. The third-order valence-electron chi connectivity index (χ3n) is 4.50. The first-order chi connectivity index (χ1) is 12.6. The molecular formula is C20H23ClN2O3. The van der Waals surface area contributed by atoms with Crippen molar-refractivity contribution in [2.45, 2.75) is 25.5 Å². The Kier molecular flexibility index (Phi) is 6.50. The lowest BCUT2D eigenvalue weighted by molar-refractivity contribution is -0.119. The van der Waals surface area contributed by atoms with Gasteiger partial charge >= 0.3 is 0 Å². The van der Waals surface area contributed by atoms with E-state index in [1.807, 2.05) is 42.5 Å². The van der Waals surface area contributed by atoms with Gasteiger partial charge in [0, 0.05) is 30.0 Å². The number of ether oxygens (including phenoxy) is 2. The molecule has 0 aromatic heterocycles. The van der Waals surface area contributed by atoms with Gasteiger partial charge in [-0.1, -0.05) is 29.8 Å². The summed E-state index contributed by atoms with van der Waals surface area (Å²) in [6.07, 6.45) is 1.64. The van der Waals surface area contributed by atoms with E-state index in [1.165, 1.54) is 0 Å². The zero-order chi connectivity index (χ0) is 18.4. The molecule has 1 aliphatic heterocycles. The van der Waals surface area contributed by atoms with Crippen LogP contribution in [-0.4, -0.2) is 25.2 Å². The molecule has 1 saturated heterocycles. The van der Waals surface area contributed by atoms with Gasteiger partial charge in [-0.3, -0.25) is 4.79 Å². The lowest BCUT2D eigenvalue weighted by Crippen LogP contribution is -2.43. The molecule has 138 valence electrons. The van der Waals surface area contributed by atoms with E-state index in [9.17, 15) is 4.79 Å². The van der Waals surface area contributed by atoms with Gasteiger partial charge in [0.25, 0.3) is 0 Å². The molecule has 3 rings (SSSR count). The number of nitrogens with two attached hydrogens (primary N) is 1. The van der Waals surface area contributed by atoms with Crippen LogP contribution in [0.2, 0.25) is 5.02 Å². The van der Waals surface area contributed by atoms with Gasteiger partial charge in [0.05, 0.1) is 6.04 Å². The number of nitrogens with one attached hydrogen (secondary N) is 1. The van der Waals surface area contributed by atoms with Crippen LogP contribution in [0, 0.1) is 5.92 Å². The standard InChI is InChI=1S/C20H23ClN2O3/c21-16-6-4-14(5-7-16)13-26-18-3-1-2-17(12-18)23-20(24)19(22)15-8-10-25-11-9-15/h1-7,12,15,19H,8-11,13,22H2,(H,23,24). The average molecular weight is 375 g/mol. The van der Waals surface area contributed by atoms with Gasteiger partial charge in [0.2, 0.25) is 5.91 Å². The highest BCUT2D eigenvalue weighted by Crippen LogP contribution is 2.22. The summed E-state index contributed by atoms with van der Waals surface area (Å²) < 4.78 is 11.1. The number of carbonyl (C=O) groups is 1. The topological polar surface area (TPSA) is 73.6 Å². The van der Waals surface area contributed by atoms with Crippen molar-refractivity contribution < 1.29 is 14.3 Å². The van der Waals surface area contributed by atoms with Crippen LogP contribution in [-0.2, 0) is 16.1 Å². The lowest BCUT2D eigenvalue weighted by atomic mass is 9.92. The number of halogens is 1. The number of amides is 1. The Bertz CT molecular complexity index is 730. The van der Waals surface area contributed by atoms with Crippen molar-refractivity contribution in [2.75, 3.05) is 18.5 Å². The van der Waals surface area contributed by atoms with E-state index < -0.39 is 6.04 Å². The molecule has 0 radical (unpaired) electrons. The fourth-order valence-electron chi connectivity index (χ4n) is 2.93. The summed E-state index contributed by atoms with van der Waals surface area (Å²) >= 11 is 5.88. The van der Waals surface area contributed by atoms with E-state index in [2.05, 4.69) is 5.32 Å². The maximum absolute atomic E-state index is 12.4. The van der Waals surface area contributed by atoms with Crippen LogP contribution in [0.5, 0.6) is 5.75 Å². The third kappa shape index (κ3) is 5.21. The molecule has 26 heavy (non-hydrogen) atoms. The number of carbonyl (C=O) groups excluding carboxylic acids is 1. The van der Waals surface area contributed by atoms with Gasteiger partial charge in [-0.05, 0) is 48.6 Å². The molecule has 1 amide bonds.